The third-order valence-corrected chi connectivity index (χ3v) is 0.712. The molecular weight excluding hydrogens is 207 g/mol. The van der Waals surface area contributed by atoms with Crippen LogP contribution < -0.4 is 11.5 Å². The Morgan fingerprint density at radius 1 is 1.14 bits per heavy atom. The average Bonchev–Trinajstić information content (AvgIpc) is 1.83. The first-order valence-corrected chi connectivity index (χ1v) is 2.96. The first-order valence-electron chi connectivity index (χ1n) is 2.96. The van der Waals surface area contributed by atoms with Gasteiger partial charge in [-0.3, -0.25) is 9.59 Å². The van der Waals surface area contributed by atoms with Gasteiger partial charge in [-0.15, -0.1) is 0 Å². The maximum atomic E-state index is 9.85. The molecule has 0 radical (unpaired) electrons. The summed E-state index contributed by atoms with van der Waals surface area (Å²) in [5.41, 5.74) is 8.86. The number of carboxylic acids is 2. The van der Waals surface area contributed by atoms with Crippen molar-refractivity contribution in [3.8, 4) is 0 Å². The summed E-state index contributed by atoms with van der Waals surface area (Å²) >= 11 is 0. The van der Waals surface area contributed by atoms with E-state index >= 15 is 0 Å². The van der Waals surface area contributed by atoms with Gasteiger partial charge in [0.05, 0.1) is 6.42 Å². The average molecular weight is 218 g/mol. The summed E-state index contributed by atoms with van der Waals surface area (Å²) in [6.45, 7) is 0. The van der Waals surface area contributed by atoms with Crippen molar-refractivity contribution in [2.75, 3.05) is 0 Å². The number of primary amides is 1. The van der Waals surface area contributed by atoms with E-state index in [-0.39, 0.29) is 29.6 Å². The zero-order chi connectivity index (χ0) is 11.0. The fourth-order valence-electron chi connectivity index (χ4n) is 0.275. The van der Waals surface area contributed by atoms with Crippen LogP contribution in [0.25, 0.3) is 0 Å². The fraction of sp³-hybridized carbons (Fsp3) is 0.400. The standard InChI is InChI=1S/C4H7NO4.CH3NO2.Na.H/c5-2(4(8)9)1-3(6)7;2-1(3)4;;/h2H,1,5H2,(H,6,7)(H,8,9);2H2,(H,3,4);;/t2-;;;/m0.../s1. The van der Waals surface area contributed by atoms with E-state index < -0.39 is 30.5 Å². The molecule has 8 nitrogen and oxygen atoms in total. The van der Waals surface area contributed by atoms with Gasteiger partial charge in [0.25, 0.3) is 0 Å². The Morgan fingerprint density at radius 3 is 1.50 bits per heavy atom. The van der Waals surface area contributed by atoms with Crippen molar-refractivity contribution in [1.82, 2.24) is 0 Å². The zero-order valence-corrected chi connectivity index (χ0v) is 6.51. The van der Waals surface area contributed by atoms with Crippen LogP contribution in [0.4, 0.5) is 4.79 Å². The van der Waals surface area contributed by atoms with Crippen LogP contribution in [0, 0.1) is 0 Å². The summed E-state index contributed by atoms with van der Waals surface area (Å²) < 4.78 is 0. The van der Waals surface area contributed by atoms with Crippen LogP contribution in [0.3, 0.4) is 0 Å². The monoisotopic (exact) mass is 218 g/mol. The number of amides is 1. The second-order valence-electron chi connectivity index (χ2n) is 1.88. The Hall–Kier alpha value is -0.830. The SMILES string of the molecule is NC(=O)O.N[C@@H](CC(=O)O)C(=O)O.[NaH]. The first kappa shape index (κ1) is 18.9. The maximum absolute atomic E-state index is 9.85. The Balaban J connectivity index is -0.000000209. The van der Waals surface area contributed by atoms with Crippen molar-refractivity contribution in [1.29, 1.82) is 0 Å². The van der Waals surface area contributed by atoms with Gasteiger partial charge in [-0.05, 0) is 0 Å². The van der Waals surface area contributed by atoms with E-state index in [1.165, 1.54) is 0 Å². The molecule has 0 aliphatic rings. The zero-order valence-electron chi connectivity index (χ0n) is 6.51. The van der Waals surface area contributed by atoms with E-state index in [0.29, 0.717) is 0 Å². The number of hydrogen-bond donors (Lipinski definition) is 5. The third-order valence-electron chi connectivity index (χ3n) is 0.712. The molecule has 0 aromatic heterocycles. The molecule has 0 bridgehead atoms. The van der Waals surface area contributed by atoms with Crippen molar-refractivity contribution in [3.05, 3.63) is 0 Å². The number of nitrogens with two attached hydrogens (primary N) is 2. The van der Waals surface area contributed by atoms with Crippen molar-refractivity contribution in [2.45, 2.75) is 12.5 Å². The Bertz CT molecular complexity index is 204. The molecule has 78 valence electrons. The summed E-state index contributed by atoms with van der Waals surface area (Å²) in [5, 5.41) is 23.2. The molecule has 0 aliphatic heterocycles. The van der Waals surface area contributed by atoms with Crippen molar-refractivity contribution < 1.29 is 29.7 Å². The van der Waals surface area contributed by atoms with Crippen molar-refractivity contribution in [3.63, 3.8) is 0 Å². The Morgan fingerprint density at radius 2 is 1.43 bits per heavy atom. The molecule has 0 rings (SSSR count). The van der Waals surface area contributed by atoms with Crippen molar-refractivity contribution >= 4 is 47.6 Å². The molecule has 1 amide bonds. The number of carbonyl (C=O) groups is 3. The molecule has 0 saturated carbocycles. The Kier molecular flexibility index (Phi) is 13.8. The second kappa shape index (κ2) is 10.3. The summed E-state index contributed by atoms with van der Waals surface area (Å²) in [7, 11) is 0. The predicted octanol–water partition coefficient (Wildman–Crippen LogP) is -2.15. The van der Waals surface area contributed by atoms with Gasteiger partial charge >= 0.3 is 47.6 Å². The summed E-state index contributed by atoms with van der Waals surface area (Å²) in [6, 6.07) is -1.29. The van der Waals surface area contributed by atoms with Gasteiger partial charge in [0, 0.05) is 0 Å². The predicted molar refractivity (Wildman–Crippen MR) is 47.2 cm³/mol. The molecule has 7 N–H and O–H groups in total. The molecule has 0 aromatic rings. The molecule has 0 aliphatic carbocycles. The summed E-state index contributed by atoms with van der Waals surface area (Å²) in [5.74, 6) is -2.50. The van der Waals surface area contributed by atoms with E-state index in [9.17, 15) is 9.59 Å². The van der Waals surface area contributed by atoms with Crippen LogP contribution >= 0.6 is 0 Å². The molecule has 14 heavy (non-hydrogen) atoms. The molecule has 0 heterocycles. The van der Waals surface area contributed by atoms with Gasteiger partial charge in [0.1, 0.15) is 6.04 Å². The van der Waals surface area contributed by atoms with Crippen LogP contribution in [0.2, 0.25) is 0 Å². The molecular formula is C5H11N2NaO6. The van der Waals surface area contributed by atoms with Crippen molar-refractivity contribution in [2.24, 2.45) is 11.5 Å². The van der Waals surface area contributed by atoms with Gasteiger partial charge in [-0.25, -0.2) is 4.79 Å². The van der Waals surface area contributed by atoms with Gasteiger partial charge in [-0.1, -0.05) is 0 Å². The molecule has 0 saturated heterocycles. The van der Waals surface area contributed by atoms with Crippen LogP contribution in [-0.4, -0.2) is 69.0 Å². The molecule has 0 spiro atoms. The van der Waals surface area contributed by atoms with Gasteiger partial charge < -0.3 is 26.8 Å². The molecule has 1 atom stereocenters. The summed E-state index contributed by atoms with van der Waals surface area (Å²) in [4.78, 5) is 28.4. The second-order valence-corrected chi connectivity index (χ2v) is 1.88. The van der Waals surface area contributed by atoms with E-state index in [1.807, 2.05) is 0 Å². The first-order chi connectivity index (χ1) is 5.77. The summed E-state index contributed by atoms with van der Waals surface area (Å²) in [6.07, 6.45) is -1.87. The topological polar surface area (TPSA) is 164 Å². The number of carboxylic acid groups (broad SMARTS) is 3. The van der Waals surface area contributed by atoms with E-state index in [0.717, 1.165) is 0 Å². The van der Waals surface area contributed by atoms with Gasteiger partial charge in [0.2, 0.25) is 0 Å². The molecule has 0 fully saturated rings. The minimum atomic E-state index is -1.33. The third kappa shape index (κ3) is 22.5. The molecule has 0 aromatic carbocycles. The minimum absolute atomic E-state index is 0. The number of hydrogen-bond acceptors (Lipinski definition) is 4. The van der Waals surface area contributed by atoms with Crippen LogP contribution in [-0.2, 0) is 9.59 Å². The van der Waals surface area contributed by atoms with E-state index in [1.54, 1.807) is 0 Å². The quantitative estimate of drug-likeness (QED) is 0.337. The van der Waals surface area contributed by atoms with Crippen LogP contribution in [0.5, 0.6) is 0 Å². The van der Waals surface area contributed by atoms with E-state index in [2.05, 4.69) is 5.73 Å². The van der Waals surface area contributed by atoms with Crippen LogP contribution in [0.1, 0.15) is 6.42 Å². The van der Waals surface area contributed by atoms with Crippen LogP contribution in [0.15, 0.2) is 0 Å². The molecule has 9 heteroatoms. The fourth-order valence-corrected chi connectivity index (χ4v) is 0.275. The number of rotatable bonds is 3. The van der Waals surface area contributed by atoms with Gasteiger partial charge in [-0.2, -0.15) is 0 Å². The van der Waals surface area contributed by atoms with E-state index in [4.69, 9.17) is 25.8 Å². The van der Waals surface area contributed by atoms with Gasteiger partial charge in [0.15, 0.2) is 0 Å². The number of aliphatic carboxylic acids is 2. The molecule has 0 unspecified atom stereocenters. The normalized spacial score (nSPS) is 9.79. The Labute approximate surface area is 101 Å².